The van der Waals surface area contributed by atoms with Gasteiger partial charge in [0.2, 0.25) is 12.2 Å². The average molecular weight is 452 g/mol. The number of hydrogen-bond donors (Lipinski definition) is 1. The highest BCUT2D eigenvalue weighted by Crippen LogP contribution is 2.28. The molecule has 1 N–H and O–H groups in total. The number of pyridine rings is 1. The van der Waals surface area contributed by atoms with Gasteiger partial charge in [0.25, 0.3) is 0 Å². The molecule has 1 aromatic rings. The number of carbonyl (C=O) groups excluding carboxylic acids is 5. The van der Waals surface area contributed by atoms with Gasteiger partial charge >= 0.3 is 23.9 Å². The van der Waals surface area contributed by atoms with Crippen LogP contribution in [0, 0.1) is 0 Å². The molecule has 1 aliphatic rings. The van der Waals surface area contributed by atoms with Crippen LogP contribution in [-0.2, 0) is 42.9 Å². The van der Waals surface area contributed by atoms with E-state index in [1.807, 2.05) is 0 Å². The van der Waals surface area contributed by atoms with Crippen molar-refractivity contribution in [1.29, 1.82) is 0 Å². The van der Waals surface area contributed by atoms with Crippen molar-refractivity contribution < 1.29 is 47.7 Å². The molecule has 2 heterocycles. The fraction of sp³-hybridized carbons (Fsp3) is 0.500. The number of aromatic nitrogens is 1. The Morgan fingerprint density at radius 1 is 0.906 bits per heavy atom. The van der Waals surface area contributed by atoms with Crippen molar-refractivity contribution in [3.63, 3.8) is 0 Å². The summed E-state index contributed by atoms with van der Waals surface area (Å²) in [7, 11) is 0. The van der Waals surface area contributed by atoms with Crippen molar-refractivity contribution in [2.45, 2.75) is 58.3 Å². The number of amides is 1. The van der Waals surface area contributed by atoms with Gasteiger partial charge in [-0.2, -0.15) is 0 Å². The fourth-order valence-electron chi connectivity index (χ4n) is 3.05. The number of hydrogen-bond acceptors (Lipinski definition) is 11. The van der Waals surface area contributed by atoms with Gasteiger partial charge in [-0.1, -0.05) is 0 Å². The van der Waals surface area contributed by atoms with Crippen molar-refractivity contribution in [3.05, 3.63) is 30.1 Å². The summed E-state index contributed by atoms with van der Waals surface area (Å²) in [5, 5.41) is 2.50. The number of carbonyl (C=O) groups is 5. The van der Waals surface area contributed by atoms with Crippen molar-refractivity contribution in [2.75, 3.05) is 6.61 Å². The van der Waals surface area contributed by atoms with Gasteiger partial charge < -0.3 is 29.0 Å². The highest BCUT2D eigenvalue weighted by molar-refractivity contribution is 5.89. The summed E-state index contributed by atoms with van der Waals surface area (Å²) >= 11 is 0. The predicted octanol–water partition coefficient (Wildman–Crippen LogP) is -0.105. The largest absolute Gasteiger partial charge is 0.463 e. The zero-order valence-corrected chi connectivity index (χ0v) is 17.9. The molecule has 1 amide bonds. The zero-order valence-electron chi connectivity index (χ0n) is 17.9. The standard InChI is InChI=1S/C20H24N2O10/c1-10(23)22-16-18(30-13(4)26)17(29-12(3)25)15(9-28-11(2)24)31-20(16)32-19(27)14-5-7-21-8-6-14/h5-8,15-18,20H,9H2,1-4H3,(H,22,23)/t15-,16+,17+,18+,20+/m1/s1. The number of rotatable bonds is 7. The average Bonchev–Trinajstić information content (AvgIpc) is 2.70. The van der Waals surface area contributed by atoms with Crippen LogP contribution in [0.4, 0.5) is 0 Å². The predicted molar refractivity (Wildman–Crippen MR) is 104 cm³/mol. The lowest BCUT2D eigenvalue weighted by Gasteiger charge is -2.44. The minimum Gasteiger partial charge on any atom is -0.463 e. The molecule has 1 aromatic heterocycles. The molecular weight excluding hydrogens is 428 g/mol. The van der Waals surface area contributed by atoms with Crippen LogP contribution >= 0.6 is 0 Å². The van der Waals surface area contributed by atoms with Gasteiger partial charge in [-0.25, -0.2) is 4.79 Å². The van der Waals surface area contributed by atoms with E-state index < -0.39 is 67.0 Å². The minimum absolute atomic E-state index is 0.146. The molecule has 2 rings (SSSR count). The lowest BCUT2D eigenvalue weighted by atomic mass is 9.96. The van der Waals surface area contributed by atoms with E-state index in [-0.39, 0.29) is 5.56 Å². The van der Waals surface area contributed by atoms with Gasteiger partial charge in [-0.05, 0) is 12.1 Å². The normalized spacial score (nSPS) is 24.6. The second-order valence-electron chi connectivity index (χ2n) is 6.86. The Labute approximate surface area is 183 Å². The summed E-state index contributed by atoms with van der Waals surface area (Å²) in [5.74, 6) is -3.51. The highest BCUT2D eigenvalue weighted by atomic mass is 16.7. The van der Waals surface area contributed by atoms with Gasteiger partial charge in [0.05, 0.1) is 5.56 Å². The quantitative estimate of drug-likeness (QED) is 0.435. The molecule has 12 heteroatoms. The summed E-state index contributed by atoms with van der Waals surface area (Å²) in [6.45, 7) is 4.19. The second-order valence-corrected chi connectivity index (χ2v) is 6.86. The Balaban J connectivity index is 2.42. The van der Waals surface area contributed by atoms with Crippen LogP contribution in [-0.4, -0.2) is 72.0 Å². The molecule has 0 bridgehead atoms. The smallest absolute Gasteiger partial charge is 0.340 e. The lowest BCUT2D eigenvalue weighted by molar-refractivity contribution is -0.263. The molecule has 12 nitrogen and oxygen atoms in total. The Morgan fingerprint density at radius 3 is 2.03 bits per heavy atom. The van der Waals surface area contributed by atoms with Crippen molar-refractivity contribution in [3.8, 4) is 0 Å². The molecule has 32 heavy (non-hydrogen) atoms. The van der Waals surface area contributed by atoms with E-state index in [1.165, 1.54) is 31.5 Å². The fourth-order valence-corrected chi connectivity index (χ4v) is 3.05. The monoisotopic (exact) mass is 452 g/mol. The van der Waals surface area contributed by atoms with Crippen LogP contribution in [0.15, 0.2) is 24.5 Å². The maximum absolute atomic E-state index is 12.6. The first-order valence-corrected chi connectivity index (χ1v) is 9.59. The third kappa shape index (κ3) is 7.01. The van der Waals surface area contributed by atoms with E-state index in [9.17, 15) is 24.0 Å². The SMILES string of the molecule is CC(=O)N[C@@H]1[C@H](OC(=O)c2ccncc2)O[C@H](COC(C)=O)[C@H](OC(C)=O)[C@H]1OC(C)=O. The summed E-state index contributed by atoms with van der Waals surface area (Å²) in [6.07, 6.45) is -2.48. The van der Waals surface area contributed by atoms with E-state index in [0.717, 1.165) is 20.8 Å². The molecule has 1 fully saturated rings. The van der Waals surface area contributed by atoms with Gasteiger partial charge in [0.15, 0.2) is 12.2 Å². The summed E-state index contributed by atoms with van der Waals surface area (Å²) < 4.78 is 26.7. The second kappa shape index (κ2) is 11.2. The minimum atomic E-state index is -1.48. The number of nitrogens with zero attached hydrogens (tertiary/aromatic N) is 1. The molecule has 5 atom stereocenters. The highest BCUT2D eigenvalue weighted by Gasteiger charge is 2.52. The molecule has 0 saturated carbocycles. The maximum Gasteiger partial charge on any atom is 0.340 e. The van der Waals surface area contributed by atoms with Gasteiger partial charge in [0, 0.05) is 40.1 Å². The lowest BCUT2D eigenvalue weighted by Crippen LogP contribution is -2.66. The number of nitrogens with one attached hydrogen (secondary N) is 1. The van der Waals surface area contributed by atoms with Crippen LogP contribution in [0.25, 0.3) is 0 Å². The molecule has 174 valence electrons. The Morgan fingerprint density at radius 2 is 1.50 bits per heavy atom. The van der Waals surface area contributed by atoms with Crippen LogP contribution in [0.3, 0.4) is 0 Å². The number of esters is 4. The number of ether oxygens (including phenoxy) is 5. The van der Waals surface area contributed by atoms with Crippen molar-refractivity contribution in [2.24, 2.45) is 0 Å². The van der Waals surface area contributed by atoms with Crippen molar-refractivity contribution in [1.82, 2.24) is 10.3 Å². The van der Waals surface area contributed by atoms with Crippen LogP contribution < -0.4 is 5.32 Å². The molecule has 0 unspecified atom stereocenters. The topological polar surface area (TPSA) is 156 Å². The van der Waals surface area contributed by atoms with E-state index in [1.54, 1.807) is 0 Å². The zero-order chi connectivity index (χ0) is 23.8. The first-order valence-electron chi connectivity index (χ1n) is 9.59. The van der Waals surface area contributed by atoms with E-state index in [4.69, 9.17) is 23.7 Å². The third-order valence-electron chi connectivity index (χ3n) is 4.21. The summed E-state index contributed by atoms with van der Waals surface area (Å²) in [6, 6.07) is 1.57. The first-order chi connectivity index (χ1) is 15.1. The first kappa shape index (κ1) is 24.7. The Bertz CT molecular complexity index is 859. The Kier molecular flexibility index (Phi) is 8.64. The van der Waals surface area contributed by atoms with E-state index in [2.05, 4.69) is 10.3 Å². The molecule has 0 radical (unpaired) electrons. The summed E-state index contributed by atoms with van der Waals surface area (Å²) in [5.41, 5.74) is 0.146. The molecule has 0 aliphatic carbocycles. The van der Waals surface area contributed by atoms with Gasteiger partial charge in [0.1, 0.15) is 18.8 Å². The van der Waals surface area contributed by atoms with Crippen LogP contribution in [0.2, 0.25) is 0 Å². The third-order valence-corrected chi connectivity index (χ3v) is 4.21. The van der Waals surface area contributed by atoms with Crippen molar-refractivity contribution >= 4 is 29.8 Å². The molecule has 1 aliphatic heterocycles. The molecule has 0 spiro atoms. The van der Waals surface area contributed by atoms with Crippen LogP contribution in [0.5, 0.6) is 0 Å². The van der Waals surface area contributed by atoms with Gasteiger partial charge in [-0.15, -0.1) is 0 Å². The molecule has 1 saturated heterocycles. The van der Waals surface area contributed by atoms with Crippen LogP contribution in [0.1, 0.15) is 38.1 Å². The van der Waals surface area contributed by atoms with E-state index in [0.29, 0.717) is 0 Å². The van der Waals surface area contributed by atoms with E-state index >= 15 is 0 Å². The summed E-state index contributed by atoms with van der Waals surface area (Å²) in [4.78, 5) is 63.0. The van der Waals surface area contributed by atoms with Gasteiger partial charge in [-0.3, -0.25) is 24.2 Å². The maximum atomic E-state index is 12.6. The molecule has 0 aromatic carbocycles. The molecular formula is C20H24N2O10. The Hall–Kier alpha value is -3.54.